The zero-order chi connectivity index (χ0) is 18.7. The smallest absolute Gasteiger partial charge is 0.213 e. The Morgan fingerprint density at radius 1 is 0.963 bits per heavy atom. The number of rotatable bonds is 1. The van der Waals surface area contributed by atoms with Crippen LogP contribution in [0.15, 0.2) is 63.1 Å². The molecule has 0 radical (unpaired) electrons. The molecule has 4 heteroatoms. The highest BCUT2D eigenvalue weighted by Gasteiger charge is 2.30. The topological polar surface area (TPSA) is 20.3 Å². The van der Waals surface area contributed by atoms with Gasteiger partial charge in [0.2, 0.25) is 11.2 Å². The Hall–Kier alpha value is -2.72. The first-order valence-corrected chi connectivity index (χ1v) is 9.90. The molecule has 0 amide bonds. The standard InChI is InChI=1S/C23H21N2OS/c1-14-15(2)19(24(3)18-11-7-5-9-16(14)18)13-21-25(4)22-17-10-6-8-12-20(17)26-23(22)27-21/h5-13H,1-4H3/q+1. The van der Waals surface area contributed by atoms with Crippen LogP contribution in [0.5, 0.6) is 0 Å². The number of para-hydroxylation sites is 2. The molecule has 0 unspecified atom stereocenters. The molecule has 0 fully saturated rings. The number of furan rings is 1. The summed E-state index contributed by atoms with van der Waals surface area (Å²) in [7, 11) is 4.27. The van der Waals surface area contributed by atoms with E-state index in [0.29, 0.717) is 0 Å². The van der Waals surface area contributed by atoms with E-state index in [0.717, 1.165) is 10.7 Å². The summed E-state index contributed by atoms with van der Waals surface area (Å²) >= 11 is 1.70. The molecular weight excluding hydrogens is 352 g/mol. The minimum atomic E-state index is 0.948. The number of thioether (sulfide) groups is 1. The Labute approximate surface area is 162 Å². The number of pyridine rings is 1. The Bertz CT molecular complexity index is 1250. The van der Waals surface area contributed by atoms with E-state index in [1.807, 2.05) is 12.1 Å². The van der Waals surface area contributed by atoms with Crippen molar-refractivity contribution < 1.29 is 8.98 Å². The van der Waals surface area contributed by atoms with E-state index in [9.17, 15) is 0 Å². The minimum Gasteiger partial charge on any atom is -0.447 e. The molecule has 1 aliphatic heterocycles. The van der Waals surface area contributed by atoms with E-state index >= 15 is 0 Å². The SMILES string of the molecule is Cc1c(C)c2ccccc2[n+](C)c1C=C1Sc2oc3ccccc3c2N1C. The van der Waals surface area contributed by atoms with Crippen molar-refractivity contribution in [1.29, 1.82) is 0 Å². The first-order chi connectivity index (χ1) is 13.1. The molecule has 27 heavy (non-hydrogen) atoms. The lowest BCUT2D eigenvalue weighted by Crippen LogP contribution is -2.34. The molecule has 2 aromatic carbocycles. The van der Waals surface area contributed by atoms with Gasteiger partial charge in [0, 0.05) is 35.5 Å². The Morgan fingerprint density at radius 3 is 2.48 bits per heavy atom. The lowest BCUT2D eigenvalue weighted by atomic mass is 10.0. The highest BCUT2D eigenvalue weighted by atomic mass is 32.2. The second-order valence-corrected chi connectivity index (χ2v) is 8.08. The van der Waals surface area contributed by atoms with Gasteiger partial charge in [-0.1, -0.05) is 24.3 Å². The number of benzene rings is 2. The summed E-state index contributed by atoms with van der Waals surface area (Å²) in [5.41, 5.74) is 7.24. The molecule has 134 valence electrons. The molecule has 1 aliphatic rings. The predicted molar refractivity (Wildman–Crippen MR) is 113 cm³/mol. The van der Waals surface area contributed by atoms with Gasteiger partial charge in [-0.2, -0.15) is 4.57 Å². The van der Waals surface area contributed by atoms with E-state index in [2.05, 4.69) is 79.9 Å². The molecule has 5 rings (SSSR count). The van der Waals surface area contributed by atoms with Crippen molar-refractivity contribution in [2.45, 2.75) is 18.9 Å². The van der Waals surface area contributed by atoms with Crippen molar-refractivity contribution in [3.05, 3.63) is 70.4 Å². The van der Waals surface area contributed by atoms with Crippen molar-refractivity contribution >= 4 is 45.4 Å². The average Bonchev–Trinajstić information content (AvgIpc) is 3.20. The molecule has 0 spiro atoms. The second-order valence-electron chi connectivity index (χ2n) is 7.09. The van der Waals surface area contributed by atoms with Crippen LogP contribution < -0.4 is 9.47 Å². The Kier molecular flexibility index (Phi) is 3.59. The third-order valence-corrected chi connectivity index (χ3v) is 6.70. The molecule has 0 N–H and O–H groups in total. The molecule has 3 nitrogen and oxygen atoms in total. The summed E-state index contributed by atoms with van der Waals surface area (Å²) in [6, 6.07) is 16.8. The maximum atomic E-state index is 6.08. The fourth-order valence-electron chi connectivity index (χ4n) is 3.98. The second kappa shape index (κ2) is 5.89. The van der Waals surface area contributed by atoms with Gasteiger partial charge < -0.3 is 9.32 Å². The molecule has 0 saturated heterocycles. The fraction of sp³-hybridized carbons (Fsp3) is 0.174. The zero-order valence-corrected chi connectivity index (χ0v) is 16.7. The first kappa shape index (κ1) is 16.5. The first-order valence-electron chi connectivity index (χ1n) is 9.09. The van der Waals surface area contributed by atoms with Gasteiger partial charge >= 0.3 is 0 Å². The van der Waals surface area contributed by atoms with Gasteiger partial charge in [-0.25, -0.2) is 0 Å². The number of nitrogens with zero attached hydrogens (tertiary/aromatic N) is 2. The van der Waals surface area contributed by atoms with Crippen LogP contribution in [0.3, 0.4) is 0 Å². The number of hydrogen-bond acceptors (Lipinski definition) is 3. The van der Waals surface area contributed by atoms with Crippen molar-refractivity contribution in [3.63, 3.8) is 0 Å². The summed E-state index contributed by atoms with van der Waals surface area (Å²) < 4.78 is 8.37. The van der Waals surface area contributed by atoms with E-state index in [1.54, 1.807) is 11.8 Å². The van der Waals surface area contributed by atoms with Crippen molar-refractivity contribution in [2.24, 2.45) is 7.05 Å². The van der Waals surface area contributed by atoms with Gasteiger partial charge in [0.15, 0.2) is 5.09 Å². The van der Waals surface area contributed by atoms with Crippen LogP contribution in [0.4, 0.5) is 5.69 Å². The Morgan fingerprint density at radius 2 is 1.67 bits per heavy atom. The maximum Gasteiger partial charge on any atom is 0.213 e. The van der Waals surface area contributed by atoms with Gasteiger partial charge in [-0.15, -0.1) is 0 Å². The minimum absolute atomic E-state index is 0.948. The highest BCUT2D eigenvalue weighted by molar-refractivity contribution is 8.03. The molecule has 0 aliphatic carbocycles. The fourth-order valence-corrected chi connectivity index (χ4v) is 5.04. The lowest BCUT2D eigenvalue weighted by Gasteiger charge is -2.14. The van der Waals surface area contributed by atoms with Crippen molar-refractivity contribution in [2.75, 3.05) is 11.9 Å². The van der Waals surface area contributed by atoms with Crippen LogP contribution in [-0.4, -0.2) is 7.05 Å². The number of hydrogen-bond donors (Lipinski definition) is 0. The van der Waals surface area contributed by atoms with E-state index in [1.165, 1.54) is 43.8 Å². The summed E-state index contributed by atoms with van der Waals surface area (Å²) in [5, 5.41) is 4.64. The molecule has 2 aromatic heterocycles. The number of fused-ring (bicyclic) bond motifs is 4. The van der Waals surface area contributed by atoms with E-state index in [4.69, 9.17) is 4.42 Å². The predicted octanol–water partition coefficient (Wildman–Crippen LogP) is 5.57. The molecule has 3 heterocycles. The van der Waals surface area contributed by atoms with E-state index in [-0.39, 0.29) is 0 Å². The normalized spacial score (nSPS) is 15.3. The summed E-state index contributed by atoms with van der Waals surface area (Å²) in [4.78, 5) is 2.25. The molecule has 0 atom stereocenters. The van der Waals surface area contributed by atoms with Crippen LogP contribution in [0.1, 0.15) is 16.8 Å². The monoisotopic (exact) mass is 373 g/mol. The van der Waals surface area contributed by atoms with Crippen LogP contribution in [0, 0.1) is 13.8 Å². The third kappa shape index (κ3) is 2.33. The summed E-state index contributed by atoms with van der Waals surface area (Å²) in [5.74, 6) is 0. The average molecular weight is 374 g/mol. The largest absolute Gasteiger partial charge is 0.447 e. The van der Waals surface area contributed by atoms with Gasteiger partial charge in [0.1, 0.15) is 18.3 Å². The van der Waals surface area contributed by atoms with Gasteiger partial charge in [-0.05, 0) is 49.4 Å². The highest BCUT2D eigenvalue weighted by Crippen LogP contribution is 2.51. The van der Waals surface area contributed by atoms with Gasteiger partial charge in [-0.3, -0.25) is 0 Å². The number of aromatic nitrogens is 1. The summed E-state index contributed by atoms with van der Waals surface area (Å²) in [6.07, 6.45) is 2.28. The number of anilines is 1. The lowest BCUT2D eigenvalue weighted by molar-refractivity contribution is -0.647. The molecular formula is C23H21N2OS+. The zero-order valence-electron chi connectivity index (χ0n) is 15.9. The van der Waals surface area contributed by atoms with Crippen LogP contribution in [-0.2, 0) is 7.05 Å². The quantitative estimate of drug-likeness (QED) is 0.407. The molecule has 0 saturated carbocycles. The van der Waals surface area contributed by atoms with Crippen molar-refractivity contribution in [3.8, 4) is 0 Å². The Balaban J connectivity index is 1.68. The van der Waals surface area contributed by atoms with Crippen molar-refractivity contribution in [1.82, 2.24) is 0 Å². The van der Waals surface area contributed by atoms with E-state index < -0.39 is 0 Å². The van der Waals surface area contributed by atoms with Crippen LogP contribution >= 0.6 is 11.8 Å². The third-order valence-electron chi connectivity index (χ3n) is 5.64. The van der Waals surface area contributed by atoms with Gasteiger partial charge in [0.05, 0.1) is 5.03 Å². The van der Waals surface area contributed by atoms with Crippen LogP contribution in [0.25, 0.3) is 27.9 Å². The van der Waals surface area contributed by atoms with Crippen LogP contribution in [0.2, 0.25) is 0 Å². The summed E-state index contributed by atoms with van der Waals surface area (Å²) in [6.45, 7) is 4.42. The maximum absolute atomic E-state index is 6.08. The van der Waals surface area contributed by atoms with Gasteiger partial charge in [0.25, 0.3) is 0 Å². The molecule has 4 aromatic rings. The number of aryl methyl sites for hydroxylation is 2. The molecule has 0 bridgehead atoms.